The molecule has 1 amide bonds. The minimum Gasteiger partial charge on any atom is -0.492 e. The molecule has 0 heterocycles. The van der Waals surface area contributed by atoms with Crippen molar-refractivity contribution in [2.24, 2.45) is 10.9 Å². The zero-order valence-electron chi connectivity index (χ0n) is 17.6. The van der Waals surface area contributed by atoms with Gasteiger partial charge < -0.3 is 20.7 Å². The number of aliphatic imine (C=N–C) groups is 1. The molecule has 30 heavy (non-hydrogen) atoms. The van der Waals surface area contributed by atoms with Crippen LogP contribution in [0.5, 0.6) is 5.75 Å². The number of carbonyl (C=O) groups excluding carboxylic acids is 1. The lowest BCUT2D eigenvalue weighted by molar-refractivity contribution is -0.122. The van der Waals surface area contributed by atoms with Gasteiger partial charge in [-0.25, -0.2) is 0 Å². The van der Waals surface area contributed by atoms with E-state index in [1.807, 2.05) is 48.5 Å². The standard InChI is InChI=1S/C23H30N4O2.HI/c1-17-9-11-21(12-10-17)29-14-13-25-23(24-2)26-16-18-5-3-8-20(15-18)27-22(28)19-6-4-7-19;/h3,5,8-12,15,19H,4,6-7,13-14,16H2,1-2H3,(H,27,28)(H2,24,25,26);1H. The SMILES string of the molecule is CN=C(NCCOc1ccc(C)cc1)NCc1cccc(NC(=O)C2CCC2)c1.I. The van der Waals surface area contributed by atoms with Crippen molar-refractivity contribution in [2.45, 2.75) is 32.7 Å². The predicted molar refractivity (Wildman–Crippen MR) is 133 cm³/mol. The van der Waals surface area contributed by atoms with E-state index in [1.54, 1.807) is 7.05 Å². The lowest BCUT2D eigenvalue weighted by atomic mass is 9.85. The van der Waals surface area contributed by atoms with E-state index in [2.05, 4.69) is 27.9 Å². The lowest BCUT2D eigenvalue weighted by Crippen LogP contribution is -2.38. The summed E-state index contributed by atoms with van der Waals surface area (Å²) < 4.78 is 5.72. The van der Waals surface area contributed by atoms with Gasteiger partial charge in [0.2, 0.25) is 5.91 Å². The molecule has 162 valence electrons. The number of guanidine groups is 1. The summed E-state index contributed by atoms with van der Waals surface area (Å²) >= 11 is 0. The molecule has 0 unspecified atom stereocenters. The third-order valence-corrected chi connectivity index (χ3v) is 5.04. The third-order valence-electron chi connectivity index (χ3n) is 5.04. The Morgan fingerprint density at radius 3 is 2.57 bits per heavy atom. The van der Waals surface area contributed by atoms with Crippen LogP contribution in [0.3, 0.4) is 0 Å². The second-order valence-corrected chi connectivity index (χ2v) is 7.33. The van der Waals surface area contributed by atoms with Crippen molar-refractivity contribution in [3.05, 3.63) is 59.7 Å². The van der Waals surface area contributed by atoms with Gasteiger partial charge in [-0.1, -0.05) is 36.2 Å². The number of halogens is 1. The lowest BCUT2D eigenvalue weighted by Gasteiger charge is -2.24. The van der Waals surface area contributed by atoms with Crippen LogP contribution in [0.2, 0.25) is 0 Å². The molecule has 0 spiro atoms. The molecule has 2 aromatic carbocycles. The fraction of sp³-hybridized carbons (Fsp3) is 0.391. The molecular formula is C23H31IN4O2. The van der Waals surface area contributed by atoms with E-state index < -0.39 is 0 Å². The smallest absolute Gasteiger partial charge is 0.227 e. The molecule has 1 aliphatic carbocycles. The van der Waals surface area contributed by atoms with Crippen LogP contribution in [-0.2, 0) is 11.3 Å². The van der Waals surface area contributed by atoms with Crippen molar-refractivity contribution < 1.29 is 9.53 Å². The van der Waals surface area contributed by atoms with Crippen LogP contribution in [0.15, 0.2) is 53.5 Å². The Hall–Kier alpha value is -2.29. The Bertz CT molecular complexity index is 835. The van der Waals surface area contributed by atoms with Crippen LogP contribution in [0.25, 0.3) is 0 Å². The zero-order chi connectivity index (χ0) is 20.5. The second kappa shape index (κ2) is 12.4. The molecule has 0 atom stereocenters. The number of hydrogen-bond donors (Lipinski definition) is 3. The van der Waals surface area contributed by atoms with E-state index in [-0.39, 0.29) is 35.8 Å². The summed E-state index contributed by atoms with van der Waals surface area (Å²) in [4.78, 5) is 16.4. The molecule has 7 heteroatoms. The summed E-state index contributed by atoms with van der Waals surface area (Å²) in [6, 6.07) is 15.9. The Morgan fingerprint density at radius 2 is 1.90 bits per heavy atom. The van der Waals surface area contributed by atoms with Gasteiger partial charge in [0, 0.05) is 25.2 Å². The van der Waals surface area contributed by atoms with Gasteiger partial charge in [0.15, 0.2) is 5.96 Å². The van der Waals surface area contributed by atoms with Crippen molar-refractivity contribution in [1.29, 1.82) is 0 Å². The average molecular weight is 522 g/mol. The van der Waals surface area contributed by atoms with Crippen LogP contribution in [0.4, 0.5) is 5.69 Å². The molecule has 2 aromatic rings. The van der Waals surface area contributed by atoms with Gasteiger partial charge in [0.1, 0.15) is 12.4 Å². The molecule has 1 aliphatic rings. The Kier molecular flexibility index (Phi) is 9.93. The maximum Gasteiger partial charge on any atom is 0.227 e. The van der Waals surface area contributed by atoms with Gasteiger partial charge in [-0.05, 0) is 49.6 Å². The average Bonchev–Trinajstić information content (AvgIpc) is 2.67. The summed E-state index contributed by atoms with van der Waals surface area (Å²) in [5.74, 6) is 1.89. The summed E-state index contributed by atoms with van der Waals surface area (Å²) in [5, 5.41) is 9.55. The summed E-state index contributed by atoms with van der Waals surface area (Å²) in [5.41, 5.74) is 3.14. The molecule has 0 bridgehead atoms. The predicted octanol–water partition coefficient (Wildman–Crippen LogP) is 4.10. The number of carbonyl (C=O) groups is 1. The molecule has 0 aromatic heterocycles. The van der Waals surface area contributed by atoms with Gasteiger partial charge in [0.05, 0.1) is 6.54 Å². The molecule has 1 saturated carbocycles. The van der Waals surface area contributed by atoms with Gasteiger partial charge >= 0.3 is 0 Å². The topological polar surface area (TPSA) is 74.8 Å². The molecule has 3 N–H and O–H groups in total. The van der Waals surface area contributed by atoms with E-state index in [0.717, 1.165) is 36.3 Å². The Balaban J connectivity index is 0.00000320. The highest BCUT2D eigenvalue weighted by molar-refractivity contribution is 14.0. The summed E-state index contributed by atoms with van der Waals surface area (Å²) in [6.07, 6.45) is 3.16. The monoisotopic (exact) mass is 522 g/mol. The first-order valence-corrected chi connectivity index (χ1v) is 10.2. The number of hydrogen-bond acceptors (Lipinski definition) is 3. The van der Waals surface area contributed by atoms with Gasteiger partial charge in [-0.15, -0.1) is 24.0 Å². The van der Waals surface area contributed by atoms with Crippen molar-refractivity contribution >= 4 is 41.5 Å². The summed E-state index contributed by atoms with van der Waals surface area (Å²) in [7, 11) is 1.74. The summed E-state index contributed by atoms with van der Waals surface area (Å²) in [6.45, 7) is 3.86. The van der Waals surface area contributed by atoms with Gasteiger partial charge in [-0.3, -0.25) is 9.79 Å². The van der Waals surface area contributed by atoms with Gasteiger partial charge in [0.25, 0.3) is 0 Å². The van der Waals surface area contributed by atoms with Crippen molar-refractivity contribution in [3.8, 4) is 5.75 Å². The molecule has 3 rings (SSSR count). The highest BCUT2D eigenvalue weighted by Crippen LogP contribution is 2.27. The molecule has 6 nitrogen and oxygen atoms in total. The number of nitrogens with zero attached hydrogens (tertiary/aromatic N) is 1. The maximum absolute atomic E-state index is 12.1. The Labute approximate surface area is 195 Å². The largest absolute Gasteiger partial charge is 0.492 e. The minimum atomic E-state index is 0. The normalized spacial score (nSPS) is 13.6. The first-order chi connectivity index (χ1) is 14.1. The first kappa shape index (κ1) is 24.0. The van der Waals surface area contributed by atoms with Crippen LogP contribution < -0.4 is 20.7 Å². The quantitative estimate of drug-likeness (QED) is 0.211. The number of rotatable bonds is 8. The van der Waals surface area contributed by atoms with Crippen LogP contribution in [-0.4, -0.2) is 32.1 Å². The minimum absolute atomic E-state index is 0. The highest BCUT2D eigenvalue weighted by Gasteiger charge is 2.25. The molecule has 1 fully saturated rings. The molecule has 0 aliphatic heterocycles. The Morgan fingerprint density at radius 1 is 1.13 bits per heavy atom. The zero-order valence-corrected chi connectivity index (χ0v) is 19.9. The highest BCUT2D eigenvalue weighted by atomic mass is 127. The molecular weight excluding hydrogens is 491 g/mol. The van der Waals surface area contributed by atoms with Crippen molar-refractivity contribution in [2.75, 3.05) is 25.5 Å². The van der Waals surface area contributed by atoms with Crippen molar-refractivity contribution in [3.63, 3.8) is 0 Å². The number of anilines is 1. The van der Waals surface area contributed by atoms with Crippen LogP contribution in [0, 0.1) is 12.8 Å². The van der Waals surface area contributed by atoms with Crippen LogP contribution in [0.1, 0.15) is 30.4 Å². The molecule has 0 radical (unpaired) electrons. The number of aryl methyl sites for hydroxylation is 1. The number of benzene rings is 2. The van der Waals surface area contributed by atoms with E-state index in [9.17, 15) is 4.79 Å². The first-order valence-electron chi connectivity index (χ1n) is 10.2. The van der Waals surface area contributed by atoms with E-state index in [1.165, 1.54) is 5.56 Å². The number of amides is 1. The maximum atomic E-state index is 12.1. The third kappa shape index (κ3) is 7.51. The van der Waals surface area contributed by atoms with E-state index in [4.69, 9.17) is 4.74 Å². The fourth-order valence-corrected chi connectivity index (χ4v) is 3.05. The van der Waals surface area contributed by atoms with Crippen molar-refractivity contribution in [1.82, 2.24) is 10.6 Å². The van der Waals surface area contributed by atoms with Crippen LogP contribution >= 0.6 is 24.0 Å². The number of nitrogens with one attached hydrogen (secondary N) is 3. The second-order valence-electron chi connectivity index (χ2n) is 7.33. The fourth-order valence-electron chi connectivity index (χ4n) is 3.05. The van der Waals surface area contributed by atoms with Gasteiger partial charge in [-0.2, -0.15) is 0 Å². The number of ether oxygens (including phenoxy) is 1. The van der Waals surface area contributed by atoms with E-state index >= 15 is 0 Å². The van der Waals surface area contributed by atoms with E-state index in [0.29, 0.717) is 25.7 Å². The molecule has 0 saturated heterocycles.